The second kappa shape index (κ2) is 6.89. The lowest BCUT2D eigenvalue weighted by molar-refractivity contribution is -0.137. The van der Waals surface area contributed by atoms with E-state index in [9.17, 15) is 9.59 Å². The Hall–Kier alpha value is -1.88. The largest absolute Gasteiger partial charge is 0.481 e. The van der Waals surface area contributed by atoms with Crippen LogP contribution in [-0.2, 0) is 9.59 Å². The van der Waals surface area contributed by atoms with Gasteiger partial charge in [0.2, 0.25) is 5.91 Å². The molecule has 1 atom stereocenters. The van der Waals surface area contributed by atoms with Gasteiger partial charge in [-0.1, -0.05) is 26.0 Å². The van der Waals surface area contributed by atoms with E-state index >= 15 is 0 Å². The third-order valence-corrected chi connectivity index (χ3v) is 2.85. The lowest BCUT2D eigenvalue weighted by Gasteiger charge is -2.12. The molecule has 0 aliphatic heterocycles. The predicted octanol–water partition coefficient (Wildman–Crippen LogP) is 1.94. The van der Waals surface area contributed by atoms with E-state index < -0.39 is 12.0 Å². The molecule has 0 bridgehead atoms. The Morgan fingerprint density at radius 1 is 1.26 bits per heavy atom. The smallest absolute Gasteiger partial charge is 0.303 e. The maximum absolute atomic E-state index is 11.7. The minimum atomic E-state index is -0.954. The number of hydrogen-bond acceptors (Lipinski definition) is 3. The zero-order chi connectivity index (χ0) is 14.4. The van der Waals surface area contributed by atoms with E-state index in [1.165, 1.54) is 5.56 Å². The molecule has 104 valence electrons. The molecular formula is C14H20N2O3. The SMILES string of the molecule is CC(C)c1ccc(NC(=O)C(N)CCC(=O)O)cc1. The lowest BCUT2D eigenvalue weighted by Crippen LogP contribution is -2.36. The summed E-state index contributed by atoms with van der Waals surface area (Å²) in [6.45, 7) is 4.19. The number of benzene rings is 1. The second-order valence-corrected chi connectivity index (χ2v) is 4.80. The highest BCUT2D eigenvalue weighted by atomic mass is 16.4. The van der Waals surface area contributed by atoms with Crippen LogP contribution in [0.4, 0.5) is 5.69 Å². The minimum absolute atomic E-state index is 0.110. The van der Waals surface area contributed by atoms with Crippen LogP contribution in [0, 0.1) is 0 Å². The number of carbonyl (C=O) groups excluding carboxylic acids is 1. The first-order valence-electron chi connectivity index (χ1n) is 6.28. The molecule has 0 spiro atoms. The number of hydrogen-bond donors (Lipinski definition) is 3. The number of rotatable bonds is 6. The highest BCUT2D eigenvalue weighted by molar-refractivity contribution is 5.94. The highest BCUT2D eigenvalue weighted by Gasteiger charge is 2.14. The molecular weight excluding hydrogens is 244 g/mol. The van der Waals surface area contributed by atoms with Gasteiger partial charge in [0.25, 0.3) is 0 Å². The van der Waals surface area contributed by atoms with E-state index in [0.717, 1.165) is 0 Å². The van der Waals surface area contributed by atoms with Crippen molar-refractivity contribution < 1.29 is 14.7 Å². The van der Waals surface area contributed by atoms with E-state index in [1.807, 2.05) is 24.3 Å². The maximum Gasteiger partial charge on any atom is 0.303 e. The van der Waals surface area contributed by atoms with Gasteiger partial charge >= 0.3 is 5.97 Å². The Morgan fingerprint density at radius 2 is 1.84 bits per heavy atom. The molecule has 0 fully saturated rings. The summed E-state index contributed by atoms with van der Waals surface area (Å²) in [6, 6.07) is 6.72. The van der Waals surface area contributed by atoms with Crippen LogP contribution in [0.15, 0.2) is 24.3 Å². The summed E-state index contributed by atoms with van der Waals surface area (Å²) < 4.78 is 0. The van der Waals surface area contributed by atoms with E-state index in [0.29, 0.717) is 11.6 Å². The molecule has 0 saturated heterocycles. The fraction of sp³-hybridized carbons (Fsp3) is 0.429. The lowest BCUT2D eigenvalue weighted by atomic mass is 10.0. The molecule has 0 aliphatic carbocycles. The Morgan fingerprint density at radius 3 is 2.32 bits per heavy atom. The van der Waals surface area contributed by atoms with Gasteiger partial charge in [-0.25, -0.2) is 0 Å². The van der Waals surface area contributed by atoms with Gasteiger partial charge in [0.1, 0.15) is 0 Å². The summed E-state index contributed by atoms with van der Waals surface area (Å²) in [5, 5.41) is 11.2. The number of nitrogens with two attached hydrogens (primary N) is 1. The van der Waals surface area contributed by atoms with Crippen molar-refractivity contribution in [2.75, 3.05) is 5.32 Å². The summed E-state index contributed by atoms with van der Waals surface area (Å²) in [6.07, 6.45) is 0.0200. The molecule has 0 radical (unpaired) electrons. The summed E-state index contributed by atoms with van der Waals surface area (Å²) in [7, 11) is 0. The van der Waals surface area contributed by atoms with Crippen molar-refractivity contribution >= 4 is 17.6 Å². The van der Waals surface area contributed by atoms with Crippen molar-refractivity contribution in [2.24, 2.45) is 5.73 Å². The fourth-order valence-electron chi connectivity index (χ4n) is 1.60. The van der Waals surface area contributed by atoms with E-state index in [1.54, 1.807) is 0 Å². The molecule has 0 saturated carbocycles. The first-order chi connectivity index (χ1) is 8.90. The first-order valence-corrected chi connectivity index (χ1v) is 6.28. The average Bonchev–Trinajstić information content (AvgIpc) is 2.36. The zero-order valence-electron chi connectivity index (χ0n) is 11.2. The van der Waals surface area contributed by atoms with Gasteiger partial charge in [-0.15, -0.1) is 0 Å². The van der Waals surface area contributed by atoms with Gasteiger partial charge in [0.15, 0.2) is 0 Å². The van der Waals surface area contributed by atoms with Crippen molar-refractivity contribution in [1.29, 1.82) is 0 Å². The number of nitrogens with one attached hydrogen (secondary N) is 1. The van der Waals surface area contributed by atoms with Crippen LogP contribution in [0.2, 0.25) is 0 Å². The zero-order valence-corrected chi connectivity index (χ0v) is 11.2. The van der Waals surface area contributed by atoms with E-state index in [2.05, 4.69) is 19.2 Å². The van der Waals surface area contributed by atoms with Crippen molar-refractivity contribution in [3.05, 3.63) is 29.8 Å². The molecule has 1 aromatic carbocycles. The molecule has 1 unspecified atom stereocenters. The third kappa shape index (κ3) is 5.09. The number of carboxylic acids is 1. The molecule has 4 N–H and O–H groups in total. The van der Waals surface area contributed by atoms with Gasteiger partial charge in [-0.3, -0.25) is 9.59 Å². The Balaban J connectivity index is 2.54. The van der Waals surface area contributed by atoms with Crippen molar-refractivity contribution in [3.63, 3.8) is 0 Å². The van der Waals surface area contributed by atoms with Gasteiger partial charge in [0, 0.05) is 12.1 Å². The van der Waals surface area contributed by atoms with Crippen molar-refractivity contribution in [2.45, 2.75) is 38.6 Å². The van der Waals surface area contributed by atoms with E-state index in [4.69, 9.17) is 10.8 Å². The molecule has 1 aromatic rings. The molecule has 1 amide bonds. The number of amides is 1. The quantitative estimate of drug-likeness (QED) is 0.732. The van der Waals surface area contributed by atoms with Crippen molar-refractivity contribution in [1.82, 2.24) is 0 Å². The van der Waals surface area contributed by atoms with Crippen LogP contribution in [-0.4, -0.2) is 23.0 Å². The standard InChI is InChI=1S/C14H20N2O3/c1-9(2)10-3-5-11(6-4-10)16-14(19)12(15)7-8-13(17)18/h3-6,9,12H,7-8,15H2,1-2H3,(H,16,19)(H,17,18). The molecule has 0 heterocycles. The minimum Gasteiger partial charge on any atom is -0.481 e. The van der Waals surface area contributed by atoms with Crippen LogP contribution in [0.5, 0.6) is 0 Å². The summed E-state index contributed by atoms with van der Waals surface area (Å²) in [4.78, 5) is 22.1. The Kier molecular flexibility index (Phi) is 5.51. The molecule has 5 nitrogen and oxygen atoms in total. The summed E-state index contributed by atoms with van der Waals surface area (Å²) in [5.74, 6) is -0.884. The van der Waals surface area contributed by atoms with Crippen LogP contribution in [0.3, 0.4) is 0 Å². The van der Waals surface area contributed by atoms with Gasteiger partial charge in [-0.2, -0.15) is 0 Å². The van der Waals surface area contributed by atoms with Crippen LogP contribution in [0.25, 0.3) is 0 Å². The number of aliphatic carboxylic acids is 1. The van der Waals surface area contributed by atoms with E-state index in [-0.39, 0.29) is 18.7 Å². The monoisotopic (exact) mass is 264 g/mol. The average molecular weight is 264 g/mol. The molecule has 0 aliphatic rings. The number of anilines is 1. The Bertz CT molecular complexity index is 441. The highest BCUT2D eigenvalue weighted by Crippen LogP contribution is 2.17. The van der Waals surface area contributed by atoms with Gasteiger partial charge in [0.05, 0.1) is 6.04 Å². The number of carbonyl (C=O) groups is 2. The molecule has 1 rings (SSSR count). The van der Waals surface area contributed by atoms with Gasteiger partial charge < -0.3 is 16.2 Å². The maximum atomic E-state index is 11.7. The Labute approximate surface area is 112 Å². The second-order valence-electron chi connectivity index (χ2n) is 4.80. The first kappa shape index (κ1) is 15.2. The molecule has 5 heteroatoms. The molecule has 19 heavy (non-hydrogen) atoms. The topological polar surface area (TPSA) is 92.4 Å². The normalized spacial score (nSPS) is 12.2. The molecule has 0 aromatic heterocycles. The predicted molar refractivity (Wildman–Crippen MR) is 74.0 cm³/mol. The van der Waals surface area contributed by atoms with Crippen LogP contribution >= 0.6 is 0 Å². The fourth-order valence-corrected chi connectivity index (χ4v) is 1.60. The third-order valence-electron chi connectivity index (χ3n) is 2.85. The van der Waals surface area contributed by atoms with Crippen molar-refractivity contribution in [3.8, 4) is 0 Å². The number of carboxylic acid groups (broad SMARTS) is 1. The van der Waals surface area contributed by atoms with Crippen LogP contribution < -0.4 is 11.1 Å². The summed E-state index contributed by atoms with van der Waals surface area (Å²) >= 11 is 0. The van der Waals surface area contributed by atoms with Gasteiger partial charge in [-0.05, 0) is 30.0 Å². The summed E-state index contributed by atoms with van der Waals surface area (Å²) in [5.41, 5.74) is 7.47. The van der Waals surface area contributed by atoms with Crippen LogP contribution in [0.1, 0.15) is 38.2 Å².